The first kappa shape index (κ1) is 14.9. The molecule has 0 radical (unpaired) electrons. The van der Waals surface area contributed by atoms with Crippen molar-refractivity contribution < 1.29 is 9.53 Å². The number of carbonyl (C=O) groups is 1. The highest BCUT2D eigenvalue weighted by atomic mass is 16.5. The quantitative estimate of drug-likeness (QED) is 0.631. The van der Waals surface area contributed by atoms with Gasteiger partial charge in [-0.2, -0.15) is 0 Å². The van der Waals surface area contributed by atoms with Gasteiger partial charge in [-0.1, -0.05) is 23.8 Å². The van der Waals surface area contributed by atoms with Crippen molar-refractivity contribution in [2.24, 2.45) is 0 Å². The van der Waals surface area contributed by atoms with Gasteiger partial charge in [0.05, 0.1) is 6.61 Å². The number of carbonyl (C=O) groups excluding carboxylic acids is 1. The molecule has 2 aromatic carbocycles. The molecule has 0 bridgehead atoms. The van der Waals surface area contributed by atoms with Crippen LogP contribution in [0.25, 0.3) is 0 Å². The first-order valence-electron chi connectivity index (χ1n) is 6.98. The smallest absolute Gasteiger partial charge is 0.224 e. The molecule has 3 N–H and O–H groups in total. The van der Waals surface area contributed by atoms with Crippen molar-refractivity contribution in [1.82, 2.24) is 0 Å². The average molecular weight is 284 g/mol. The summed E-state index contributed by atoms with van der Waals surface area (Å²) in [5, 5.41) is 2.81. The molecular formula is C17H20N2O2. The summed E-state index contributed by atoms with van der Waals surface area (Å²) in [6.07, 6.45) is 1.09. The standard InChI is InChI=1S/C17H20N2O2/c1-13-7-9-16(10-8-13)21-11-3-6-17(20)19-15-5-2-4-14(18)12-15/h2,4-5,7-10,12H,3,6,11,18H2,1H3,(H,19,20). The van der Waals surface area contributed by atoms with E-state index in [9.17, 15) is 4.79 Å². The molecule has 0 saturated heterocycles. The van der Waals surface area contributed by atoms with Crippen molar-refractivity contribution in [1.29, 1.82) is 0 Å². The van der Waals surface area contributed by atoms with E-state index >= 15 is 0 Å². The molecule has 0 atom stereocenters. The number of hydrogen-bond donors (Lipinski definition) is 2. The molecule has 0 fully saturated rings. The largest absolute Gasteiger partial charge is 0.494 e. The number of aryl methyl sites for hydroxylation is 1. The summed E-state index contributed by atoms with van der Waals surface area (Å²) >= 11 is 0. The highest BCUT2D eigenvalue weighted by molar-refractivity contribution is 5.91. The number of ether oxygens (including phenoxy) is 1. The van der Waals surface area contributed by atoms with Crippen molar-refractivity contribution in [3.63, 3.8) is 0 Å². The van der Waals surface area contributed by atoms with Gasteiger partial charge in [0.2, 0.25) is 5.91 Å². The Morgan fingerprint density at radius 1 is 1.19 bits per heavy atom. The van der Waals surface area contributed by atoms with Crippen LogP contribution in [0.1, 0.15) is 18.4 Å². The molecule has 4 nitrogen and oxygen atoms in total. The summed E-state index contributed by atoms with van der Waals surface area (Å²) in [7, 11) is 0. The number of hydrogen-bond acceptors (Lipinski definition) is 3. The molecule has 1 amide bonds. The van der Waals surface area contributed by atoms with E-state index in [-0.39, 0.29) is 5.91 Å². The zero-order chi connectivity index (χ0) is 15.1. The highest BCUT2D eigenvalue weighted by Gasteiger charge is 2.03. The van der Waals surface area contributed by atoms with Crippen LogP contribution in [0, 0.1) is 6.92 Å². The fourth-order valence-corrected chi connectivity index (χ4v) is 1.90. The van der Waals surface area contributed by atoms with E-state index in [2.05, 4.69) is 5.32 Å². The SMILES string of the molecule is Cc1ccc(OCCCC(=O)Nc2cccc(N)c2)cc1. The van der Waals surface area contributed by atoms with E-state index < -0.39 is 0 Å². The maximum absolute atomic E-state index is 11.8. The molecule has 0 heterocycles. The lowest BCUT2D eigenvalue weighted by atomic mass is 10.2. The molecule has 4 heteroatoms. The van der Waals surface area contributed by atoms with Gasteiger partial charge in [-0.05, 0) is 43.7 Å². The number of amides is 1. The van der Waals surface area contributed by atoms with Crippen molar-refractivity contribution in [3.05, 3.63) is 54.1 Å². The van der Waals surface area contributed by atoms with Gasteiger partial charge in [-0.25, -0.2) is 0 Å². The molecule has 110 valence electrons. The van der Waals surface area contributed by atoms with Gasteiger partial charge in [0.25, 0.3) is 0 Å². The third-order valence-corrected chi connectivity index (χ3v) is 3.01. The summed E-state index contributed by atoms with van der Waals surface area (Å²) in [6, 6.07) is 15.0. The highest BCUT2D eigenvalue weighted by Crippen LogP contribution is 2.13. The monoisotopic (exact) mass is 284 g/mol. The Hall–Kier alpha value is -2.49. The third kappa shape index (κ3) is 5.18. The van der Waals surface area contributed by atoms with Crippen molar-refractivity contribution in [2.75, 3.05) is 17.7 Å². The Morgan fingerprint density at radius 2 is 1.95 bits per heavy atom. The second kappa shape index (κ2) is 7.33. The Balaban J connectivity index is 1.68. The Labute approximate surface area is 124 Å². The Bertz CT molecular complexity index is 594. The zero-order valence-corrected chi connectivity index (χ0v) is 12.1. The number of benzene rings is 2. The Morgan fingerprint density at radius 3 is 2.67 bits per heavy atom. The van der Waals surface area contributed by atoms with Crippen LogP contribution in [0.15, 0.2) is 48.5 Å². The zero-order valence-electron chi connectivity index (χ0n) is 12.1. The van der Waals surface area contributed by atoms with Gasteiger partial charge in [-0.3, -0.25) is 4.79 Å². The van der Waals surface area contributed by atoms with Gasteiger partial charge in [0.15, 0.2) is 0 Å². The number of rotatable bonds is 6. The predicted molar refractivity (Wildman–Crippen MR) is 85.4 cm³/mol. The molecule has 21 heavy (non-hydrogen) atoms. The van der Waals surface area contributed by atoms with E-state index in [1.165, 1.54) is 5.56 Å². The fourth-order valence-electron chi connectivity index (χ4n) is 1.90. The molecule has 2 aromatic rings. The van der Waals surface area contributed by atoms with Crippen LogP contribution < -0.4 is 15.8 Å². The molecule has 0 aromatic heterocycles. The van der Waals surface area contributed by atoms with E-state index in [1.807, 2.05) is 43.3 Å². The van der Waals surface area contributed by atoms with Crippen molar-refractivity contribution in [2.45, 2.75) is 19.8 Å². The maximum Gasteiger partial charge on any atom is 0.224 e. The second-order valence-electron chi connectivity index (χ2n) is 4.94. The first-order chi connectivity index (χ1) is 10.1. The van der Waals surface area contributed by atoms with Crippen molar-refractivity contribution >= 4 is 17.3 Å². The average Bonchev–Trinajstić information content (AvgIpc) is 2.45. The van der Waals surface area contributed by atoms with E-state index in [0.29, 0.717) is 25.1 Å². The summed E-state index contributed by atoms with van der Waals surface area (Å²) < 4.78 is 5.58. The maximum atomic E-state index is 11.8. The normalized spacial score (nSPS) is 10.1. The lowest BCUT2D eigenvalue weighted by molar-refractivity contribution is -0.116. The van der Waals surface area contributed by atoms with Crippen LogP contribution in [-0.4, -0.2) is 12.5 Å². The molecule has 2 rings (SSSR count). The van der Waals surface area contributed by atoms with Crippen LogP contribution in [0.3, 0.4) is 0 Å². The molecule has 0 unspecified atom stereocenters. The minimum absolute atomic E-state index is 0.0342. The van der Waals surface area contributed by atoms with Gasteiger partial charge in [0, 0.05) is 17.8 Å². The summed E-state index contributed by atoms with van der Waals surface area (Å²) in [6.45, 7) is 2.55. The molecule has 0 aliphatic carbocycles. The van der Waals surface area contributed by atoms with E-state index in [4.69, 9.17) is 10.5 Å². The number of nitrogen functional groups attached to an aromatic ring is 1. The molecular weight excluding hydrogens is 264 g/mol. The molecule has 0 saturated carbocycles. The Kier molecular flexibility index (Phi) is 5.21. The van der Waals surface area contributed by atoms with Crippen LogP contribution in [0.5, 0.6) is 5.75 Å². The van der Waals surface area contributed by atoms with Crippen LogP contribution in [0.4, 0.5) is 11.4 Å². The van der Waals surface area contributed by atoms with Gasteiger partial charge < -0.3 is 15.8 Å². The minimum Gasteiger partial charge on any atom is -0.494 e. The second-order valence-corrected chi connectivity index (χ2v) is 4.94. The summed E-state index contributed by atoms with van der Waals surface area (Å²) in [5.74, 6) is 0.796. The molecule has 0 aliphatic rings. The van der Waals surface area contributed by atoms with Crippen LogP contribution in [-0.2, 0) is 4.79 Å². The number of anilines is 2. The predicted octanol–water partition coefficient (Wildman–Crippen LogP) is 3.37. The van der Waals surface area contributed by atoms with Crippen LogP contribution >= 0.6 is 0 Å². The lowest BCUT2D eigenvalue weighted by Gasteiger charge is -2.07. The number of nitrogens with two attached hydrogens (primary N) is 1. The topological polar surface area (TPSA) is 64.3 Å². The number of nitrogens with one attached hydrogen (secondary N) is 1. The van der Waals surface area contributed by atoms with E-state index in [0.717, 1.165) is 11.4 Å². The van der Waals surface area contributed by atoms with Gasteiger partial charge in [0.1, 0.15) is 5.75 Å². The lowest BCUT2D eigenvalue weighted by Crippen LogP contribution is -2.12. The van der Waals surface area contributed by atoms with Crippen LogP contribution in [0.2, 0.25) is 0 Å². The molecule has 0 spiro atoms. The third-order valence-electron chi connectivity index (χ3n) is 3.01. The molecule has 0 aliphatic heterocycles. The van der Waals surface area contributed by atoms with E-state index in [1.54, 1.807) is 12.1 Å². The first-order valence-corrected chi connectivity index (χ1v) is 6.98. The van der Waals surface area contributed by atoms with Crippen molar-refractivity contribution in [3.8, 4) is 5.75 Å². The van der Waals surface area contributed by atoms with Gasteiger partial charge in [-0.15, -0.1) is 0 Å². The minimum atomic E-state index is -0.0342. The summed E-state index contributed by atoms with van der Waals surface area (Å²) in [5.41, 5.74) is 8.21. The summed E-state index contributed by atoms with van der Waals surface area (Å²) in [4.78, 5) is 11.8. The fraction of sp³-hybridized carbons (Fsp3) is 0.235. The van der Waals surface area contributed by atoms with Gasteiger partial charge >= 0.3 is 0 Å².